The molecule has 0 saturated heterocycles. The quantitative estimate of drug-likeness (QED) is 0.0885. The second kappa shape index (κ2) is 23.2. The summed E-state index contributed by atoms with van der Waals surface area (Å²) in [5.74, 6) is -2.85. The molecule has 70 heavy (non-hydrogen) atoms. The van der Waals surface area contributed by atoms with E-state index in [1.165, 1.54) is 9.58 Å². The smallest absolute Gasteiger partial charge is 0.326 e. The van der Waals surface area contributed by atoms with Crippen LogP contribution in [0.15, 0.2) is 119 Å². The highest BCUT2D eigenvalue weighted by atomic mass is 35.5. The molecule has 2 aromatic heterocycles. The molecule has 0 bridgehead atoms. The largest absolute Gasteiger partial charge is 0.502 e. The second-order valence-corrected chi connectivity index (χ2v) is 18.1. The van der Waals surface area contributed by atoms with Crippen LogP contribution in [0.3, 0.4) is 0 Å². The van der Waals surface area contributed by atoms with Crippen molar-refractivity contribution in [1.82, 2.24) is 29.4 Å². The van der Waals surface area contributed by atoms with Crippen LogP contribution in [-0.2, 0) is 9.53 Å². The average Bonchev–Trinajstić information content (AvgIpc) is 3.34. The first-order valence-corrected chi connectivity index (χ1v) is 23.9. The minimum atomic E-state index is -0.827. The van der Waals surface area contributed by atoms with Gasteiger partial charge in [0.2, 0.25) is 23.4 Å². The minimum Gasteiger partial charge on any atom is -0.502 e. The summed E-state index contributed by atoms with van der Waals surface area (Å²) in [6.45, 7) is 14.2. The maximum atomic E-state index is 13.6. The van der Waals surface area contributed by atoms with Crippen LogP contribution < -0.4 is 21.3 Å². The molecule has 8 rings (SSSR count). The SMILES string of the molecule is CC.CCN1C[C@H](C(c2ccccc2C)c2ccccc2C)n2ncc(=O)c(OCOC(=O)[C@@H](N)C(C)C)c2C1=O.CN1C[C@H](C(c2cccc(Cl)c2)c2cccc(Cl)c2)n2ncc(=O)c(O)c2C1=O. The monoisotopic (exact) mass is 991 g/mol. The third kappa shape index (κ3) is 11.1. The number of nitrogens with zero attached hydrogens (tertiary/aromatic N) is 6. The number of likely N-dealkylation sites (N-methyl/N-ethyl adjacent to an activating group) is 2. The zero-order valence-corrected chi connectivity index (χ0v) is 42.0. The van der Waals surface area contributed by atoms with E-state index in [-0.39, 0.29) is 46.8 Å². The lowest BCUT2D eigenvalue weighted by Crippen LogP contribution is -2.47. The number of nitrogens with two attached hydrogens (primary N) is 1. The van der Waals surface area contributed by atoms with Gasteiger partial charge in [-0.25, -0.2) is 0 Å². The first-order chi connectivity index (χ1) is 33.5. The normalized spacial score (nSPS) is 15.6. The Labute approximate surface area is 417 Å². The Kier molecular flexibility index (Phi) is 17.4. The Morgan fingerprint density at radius 1 is 0.743 bits per heavy atom. The fraction of sp³-hybridized carbons (Fsp3) is 0.340. The van der Waals surface area contributed by atoms with E-state index >= 15 is 0 Å². The van der Waals surface area contributed by atoms with Crippen molar-refractivity contribution >= 4 is 41.0 Å². The number of fused-ring (bicyclic) bond motifs is 2. The van der Waals surface area contributed by atoms with Crippen molar-refractivity contribution in [3.05, 3.63) is 185 Å². The Balaban J connectivity index is 0.000000230. The summed E-state index contributed by atoms with van der Waals surface area (Å²) in [7, 11) is 1.63. The van der Waals surface area contributed by atoms with Crippen molar-refractivity contribution in [3.63, 3.8) is 0 Å². The number of carbonyl (C=O) groups is 3. The topological polar surface area (TPSA) is 192 Å². The van der Waals surface area contributed by atoms with E-state index in [1.807, 2.05) is 81.4 Å². The van der Waals surface area contributed by atoms with Gasteiger partial charge in [-0.2, -0.15) is 10.2 Å². The molecule has 3 atom stereocenters. The standard InChI is InChI=1S/C30H36N4O5.C21H17Cl2N3O3.C2H6/c1-6-33-16-23(25(21-13-9-7-11-19(21)4)22-14-10-8-12-20(22)5)34-27(29(33)36)28(24(35)15-32-34)38-17-39-30(37)26(31)18(2)3;1-25-11-16(26-19(21(25)29)20(28)17(27)10-24-26)18(12-4-2-6-14(22)8-12)13-5-3-7-15(23)9-13;1-2/h7-15,18,23,25-26H,6,16-17,31H2,1-5H3;2-10,16,18,28H,11H2,1H3;1-2H3/t23-,26+;16-;/m11./s1. The molecule has 368 valence electrons. The van der Waals surface area contributed by atoms with Crippen molar-refractivity contribution in [2.45, 2.75) is 78.4 Å². The van der Waals surface area contributed by atoms with E-state index in [2.05, 4.69) is 48.3 Å². The molecule has 0 spiro atoms. The van der Waals surface area contributed by atoms with E-state index < -0.39 is 47.4 Å². The van der Waals surface area contributed by atoms with Crippen molar-refractivity contribution < 1.29 is 29.0 Å². The molecule has 0 fully saturated rings. The van der Waals surface area contributed by atoms with Gasteiger partial charge in [0.1, 0.15) is 6.04 Å². The zero-order chi connectivity index (χ0) is 51.0. The second-order valence-electron chi connectivity index (χ2n) is 17.2. The molecule has 3 N–H and O–H groups in total. The number of halogens is 2. The van der Waals surface area contributed by atoms with Gasteiger partial charge in [-0.15, -0.1) is 0 Å². The number of aromatic nitrogens is 4. The summed E-state index contributed by atoms with van der Waals surface area (Å²) in [4.78, 5) is 66.5. The number of benzene rings is 4. The molecular formula is C53H59Cl2N7O8. The third-order valence-corrected chi connectivity index (χ3v) is 13.0. The van der Waals surface area contributed by atoms with Crippen molar-refractivity contribution in [2.24, 2.45) is 11.7 Å². The van der Waals surface area contributed by atoms with Crippen LogP contribution in [0.25, 0.3) is 0 Å². The third-order valence-electron chi connectivity index (χ3n) is 12.5. The number of amides is 2. The van der Waals surface area contributed by atoms with Gasteiger partial charge in [-0.05, 0) is 84.3 Å². The number of ether oxygens (including phenoxy) is 2. The first-order valence-electron chi connectivity index (χ1n) is 23.2. The number of carbonyl (C=O) groups excluding carboxylic acids is 3. The van der Waals surface area contributed by atoms with Gasteiger partial charge >= 0.3 is 5.97 Å². The van der Waals surface area contributed by atoms with Crippen molar-refractivity contribution in [2.75, 3.05) is 33.5 Å². The summed E-state index contributed by atoms with van der Waals surface area (Å²) in [6, 6.07) is 29.6. The van der Waals surface area contributed by atoms with Crippen LogP contribution in [0.2, 0.25) is 10.0 Å². The maximum Gasteiger partial charge on any atom is 0.326 e. The van der Waals surface area contributed by atoms with Gasteiger partial charge < -0.3 is 30.1 Å². The molecule has 17 heteroatoms. The van der Waals surface area contributed by atoms with Crippen molar-refractivity contribution in [1.29, 1.82) is 0 Å². The number of aryl methyl sites for hydroxylation is 2. The van der Waals surface area contributed by atoms with Crippen LogP contribution in [0.4, 0.5) is 0 Å². The molecular weight excluding hydrogens is 934 g/mol. The van der Waals surface area contributed by atoms with Gasteiger partial charge in [0.15, 0.2) is 17.1 Å². The summed E-state index contributed by atoms with van der Waals surface area (Å²) >= 11 is 12.5. The fourth-order valence-corrected chi connectivity index (χ4v) is 9.27. The minimum absolute atomic E-state index is 0.0389. The molecule has 0 saturated carbocycles. The van der Waals surface area contributed by atoms with Crippen LogP contribution in [-0.4, -0.2) is 91.8 Å². The van der Waals surface area contributed by atoms with Gasteiger partial charge in [0.25, 0.3) is 11.8 Å². The summed E-state index contributed by atoms with van der Waals surface area (Å²) < 4.78 is 13.9. The molecule has 2 aliphatic heterocycles. The zero-order valence-electron chi connectivity index (χ0n) is 40.5. The number of aromatic hydroxyl groups is 1. The molecule has 0 radical (unpaired) electrons. The van der Waals surface area contributed by atoms with Crippen LogP contribution in [0, 0.1) is 19.8 Å². The fourth-order valence-electron chi connectivity index (χ4n) is 8.88. The Hall–Kier alpha value is -6.81. The summed E-state index contributed by atoms with van der Waals surface area (Å²) in [6.07, 6.45) is 2.17. The predicted molar refractivity (Wildman–Crippen MR) is 270 cm³/mol. The molecule has 15 nitrogen and oxygen atoms in total. The lowest BCUT2D eigenvalue weighted by Gasteiger charge is -2.39. The van der Waals surface area contributed by atoms with Gasteiger partial charge in [-0.1, -0.05) is 124 Å². The van der Waals surface area contributed by atoms with E-state index in [4.69, 9.17) is 38.4 Å². The molecule has 4 heterocycles. The van der Waals surface area contributed by atoms with Crippen LogP contribution >= 0.6 is 23.2 Å². The number of esters is 1. The average molecular weight is 993 g/mol. The Morgan fingerprint density at radius 3 is 1.77 bits per heavy atom. The lowest BCUT2D eigenvalue weighted by atomic mass is 9.80. The Bertz CT molecular complexity index is 2890. The highest BCUT2D eigenvalue weighted by Gasteiger charge is 2.41. The predicted octanol–water partition coefficient (Wildman–Crippen LogP) is 8.31. The summed E-state index contributed by atoms with van der Waals surface area (Å²) in [5.41, 5.74) is 10.7. The van der Waals surface area contributed by atoms with Crippen LogP contribution in [0.1, 0.15) is 113 Å². The van der Waals surface area contributed by atoms with Crippen LogP contribution in [0.5, 0.6) is 11.5 Å². The van der Waals surface area contributed by atoms with Crippen molar-refractivity contribution in [3.8, 4) is 11.5 Å². The number of hydrogen-bond acceptors (Lipinski definition) is 11. The molecule has 0 aliphatic carbocycles. The Morgan fingerprint density at radius 2 is 1.26 bits per heavy atom. The van der Waals surface area contributed by atoms with Gasteiger partial charge in [0.05, 0.1) is 24.5 Å². The molecule has 4 aromatic carbocycles. The number of rotatable bonds is 12. The van der Waals surface area contributed by atoms with Gasteiger partial charge in [-0.3, -0.25) is 33.3 Å². The molecule has 0 unspecified atom stereocenters. The van der Waals surface area contributed by atoms with E-state index in [1.54, 1.807) is 42.6 Å². The highest BCUT2D eigenvalue weighted by Crippen LogP contribution is 2.43. The van der Waals surface area contributed by atoms with E-state index in [0.717, 1.165) is 45.8 Å². The molecule has 2 amide bonds. The first kappa shape index (κ1) is 52.6. The molecule has 6 aromatic rings. The van der Waals surface area contributed by atoms with E-state index in [0.29, 0.717) is 29.7 Å². The lowest BCUT2D eigenvalue weighted by molar-refractivity contribution is -0.152. The number of hydrogen-bond donors (Lipinski definition) is 2. The maximum absolute atomic E-state index is 13.6. The van der Waals surface area contributed by atoms with Gasteiger partial charge in [0, 0.05) is 48.6 Å². The highest BCUT2D eigenvalue weighted by molar-refractivity contribution is 6.31. The van der Waals surface area contributed by atoms with E-state index in [9.17, 15) is 29.1 Å². The molecule has 2 aliphatic rings. The summed E-state index contributed by atoms with van der Waals surface area (Å²) in [5, 5.41) is 20.1.